The summed E-state index contributed by atoms with van der Waals surface area (Å²) < 4.78 is 0. The Labute approximate surface area is 114 Å². The fourth-order valence-corrected chi connectivity index (χ4v) is 2.62. The highest BCUT2D eigenvalue weighted by atomic mass is 32.2. The molecule has 1 atom stereocenters. The number of likely N-dealkylation sites (tertiary alicyclic amines) is 1. The number of nitrogens with zero attached hydrogens (tertiary/aromatic N) is 2. The highest BCUT2D eigenvalue weighted by molar-refractivity contribution is 7.98. The van der Waals surface area contributed by atoms with Crippen molar-refractivity contribution >= 4 is 23.4 Å². The third-order valence-electron chi connectivity index (χ3n) is 3.07. The Morgan fingerprint density at radius 3 is 2.84 bits per heavy atom. The largest absolute Gasteiger partial charge is 0.391 e. The minimum atomic E-state index is -0.496. The summed E-state index contributed by atoms with van der Waals surface area (Å²) in [4.78, 5) is 24.7. The van der Waals surface area contributed by atoms with Gasteiger partial charge in [0.15, 0.2) is 0 Å². The summed E-state index contributed by atoms with van der Waals surface area (Å²) in [5.41, 5.74) is 0.233. The first kappa shape index (κ1) is 13.8. The van der Waals surface area contributed by atoms with Crippen molar-refractivity contribution in [2.75, 3.05) is 19.3 Å². The van der Waals surface area contributed by atoms with Crippen molar-refractivity contribution in [3.63, 3.8) is 0 Å². The number of carbonyl (C=O) groups excluding carboxylic acids is 1. The van der Waals surface area contributed by atoms with Gasteiger partial charge in [-0.15, -0.1) is 11.8 Å². The number of nitro benzene ring substituents is 1. The molecule has 2 rings (SSSR count). The Bertz CT molecular complexity index is 520. The number of rotatable bonds is 3. The van der Waals surface area contributed by atoms with E-state index in [1.807, 2.05) is 0 Å². The molecule has 7 heteroatoms. The molecule has 1 fully saturated rings. The van der Waals surface area contributed by atoms with Gasteiger partial charge in [0, 0.05) is 24.7 Å². The lowest BCUT2D eigenvalue weighted by Crippen LogP contribution is -2.29. The van der Waals surface area contributed by atoms with Crippen molar-refractivity contribution in [2.45, 2.75) is 17.4 Å². The maximum absolute atomic E-state index is 12.2. The fraction of sp³-hybridized carbons (Fsp3) is 0.417. The molecule has 0 saturated carbocycles. The zero-order chi connectivity index (χ0) is 14.0. The van der Waals surface area contributed by atoms with Gasteiger partial charge in [-0.05, 0) is 24.8 Å². The van der Waals surface area contributed by atoms with Crippen LogP contribution in [0, 0.1) is 10.1 Å². The highest BCUT2D eigenvalue weighted by Crippen LogP contribution is 2.29. The molecule has 1 unspecified atom stereocenters. The first-order chi connectivity index (χ1) is 9.02. The van der Waals surface area contributed by atoms with Gasteiger partial charge in [0.2, 0.25) is 0 Å². The van der Waals surface area contributed by atoms with Crippen LogP contribution in [0.25, 0.3) is 0 Å². The monoisotopic (exact) mass is 282 g/mol. The second-order valence-electron chi connectivity index (χ2n) is 4.34. The van der Waals surface area contributed by atoms with Crippen LogP contribution in [0.15, 0.2) is 23.1 Å². The van der Waals surface area contributed by atoms with Gasteiger partial charge >= 0.3 is 0 Å². The summed E-state index contributed by atoms with van der Waals surface area (Å²) in [6.07, 6.45) is 1.81. The summed E-state index contributed by atoms with van der Waals surface area (Å²) in [7, 11) is 0. The molecule has 1 amide bonds. The number of carbonyl (C=O) groups is 1. The normalized spacial score (nSPS) is 18.6. The van der Waals surface area contributed by atoms with Gasteiger partial charge in [0.05, 0.1) is 15.9 Å². The van der Waals surface area contributed by atoms with Gasteiger partial charge in [0.1, 0.15) is 0 Å². The molecule has 0 radical (unpaired) electrons. The molecule has 102 valence electrons. The van der Waals surface area contributed by atoms with E-state index < -0.39 is 11.0 Å². The van der Waals surface area contributed by atoms with Crippen LogP contribution >= 0.6 is 11.8 Å². The topological polar surface area (TPSA) is 83.7 Å². The van der Waals surface area contributed by atoms with Crippen molar-refractivity contribution in [3.8, 4) is 0 Å². The number of benzene rings is 1. The quantitative estimate of drug-likeness (QED) is 0.516. The molecular formula is C12H14N2O4S. The Kier molecular flexibility index (Phi) is 4.06. The summed E-state index contributed by atoms with van der Waals surface area (Å²) in [6.45, 7) is 0.773. The van der Waals surface area contributed by atoms with Crippen molar-refractivity contribution < 1.29 is 14.8 Å². The lowest BCUT2D eigenvalue weighted by Gasteiger charge is -2.15. The highest BCUT2D eigenvalue weighted by Gasteiger charge is 2.26. The number of thioether (sulfide) groups is 1. The summed E-state index contributed by atoms with van der Waals surface area (Å²) in [5, 5.41) is 20.4. The maximum Gasteiger partial charge on any atom is 0.283 e. The second kappa shape index (κ2) is 5.58. The average molecular weight is 282 g/mol. The average Bonchev–Trinajstić information content (AvgIpc) is 2.83. The number of hydrogen-bond acceptors (Lipinski definition) is 5. The molecule has 1 heterocycles. The van der Waals surface area contributed by atoms with E-state index in [-0.39, 0.29) is 18.1 Å². The van der Waals surface area contributed by atoms with E-state index in [0.29, 0.717) is 23.4 Å². The van der Waals surface area contributed by atoms with Crippen LogP contribution in [0.3, 0.4) is 0 Å². The first-order valence-electron chi connectivity index (χ1n) is 5.82. The number of nitro groups is 1. The molecule has 0 aliphatic carbocycles. The number of aliphatic hydroxyl groups excluding tert-OH is 1. The molecule has 0 spiro atoms. The van der Waals surface area contributed by atoms with Crippen LogP contribution in [0.2, 0.25) is 0 Å². The molecule has 6 nitrogen and oxygen atoms in total. The van der Waals surface area contributed by atoms with E-state index in [4.69, 9.17) is 0 Å². The van der Waals surface area contributed by atoms with E-state index in [9.17, 15) is 20.0 Å². The molecule has 1 aliphatic rings. The molecule has 0 bridgehead atoms. The van der Waals surface area contributed by atoms with Crippen molar-refractivity contribution in [1.29, 1.82) is 0 Å². The lowest BCUT2D eigenvalue weighted by molar-refractivity contribution is -0.387. The number of aliphatic hydroxyl groups is 1. The van der Waals surface area contributed by atoms with Crippen LogP contribution in [0.4, 0.5) is 5.69 Å². The van der Waals surface area contributed by atoms with Gasteiger partial charge in [-0.2, -0.15) is 0 Å². The SMILES string of the molecule is CSc1ccc(C(=O)N2CCC(O)C2)cc1[N+](=O)[O-]. The second-order valence-corrected chi connectivity index (χ2v) is 5.19. The Balaban J connectivity index is 2.28. The Hall–Kier alpha value is -1.60. The van der Waals surface area contributed by atoms with Gasteiger partial charge in [-0.3, -0.25) is 14.9 Å². The molecule has 19 heavy (non-hydrogen) atoms. The van der Waals surface area contributed by atoms with Crippen LogP contribution < -0.4 is 0 Å². The van der Waals surface area contributed by atoms with E-state index in [1.165, 1.54) is 22.7 Å². The number of amides is 1. The van der Waals surface area contributed by atoms with Gasteiger partial charge in [-0.1, -0.05) is 0 Å². The Morgan fingerprint density at radius 1 is 1.58 bits per heavy atom. The van der Waals surface area contributed by atoms with Gasteiger partial charge in [-0.25, -0.2) is 0 Å². The van der Waals surface area contributed by atoms with Gasteiger partial charge < -0.3 is 10.0 Å². The van der Waals surface area contributed by atoms with Crippen molar-refractivity contribution in [2.24, 2.45) is 0 Å². The minimum absolute atomic E-state index is 0.0573. The molecular weight excluding hydrogens is 268 g/mol. The summed E-state index contributed by atoms with van der Waals surface area (Å²) in [5.74, 6) is -0.271. The van der Waals surface area contributed by atoms with Crippen LogP contribution in [-0.4, -0.2) is 46.3 Å². The molecule has 0 aromatic heterocycles. The van der Waals surface area contributed by atoms with Crippen LogP contribution in [-0.2, 0) is 0 Å². The van der Waals surface area contributed by atoms with E-state index in [0.717, 1.165) is 0 Å². The van der Waals surface area contributed by atoms with E-state index in [1.54, 1.807) is 18.4 Å². The zero-order valence-corrected chi connectivity index (χ0v) is 11.2. The molecule has 1 aromatic rings. The predicted octanol–water partition coefficient (Wildman–Crippen LogP) is 1.52. The Morgan fingerprint density at radius 2 is 2.32 bits per heavy atom. The van der Waals surface area contributed by atoms with Crippen molar-refractivity contribution in [3.05, 3.63) is 33.9 Å². The first-order valence-corrected chi connectivity index (χ1v) is 7.05. The molecule has 1 aromatic carbocycles. The van der Waals surface area contributed by atoms with E-state index in [2.05, 4.69) is 0 Å². The fourth-order valence-electron chi connectivity index (χ4n) is 2.07. The molecule has 1 N–H and O–H groups in total. The van der Waals surface area contributed by atoms with Crippen LogP contribution in [0.1, 0.15) is 16.8 Å². The smallest absolute Gasteiger partial charge is 0.283 e. The lowest BCUT2D eigenvalue weighted by atomic mass is 10.2. The van der Waals surface area contributed by atoms with Crippen LogP contribution in [0.5, 0.6) is 0 Å². The number of hydrogen-bond donors (Lipinski definition) is 1. The molecule has 1 aliphatic heterocycles. The maximum atomic E-state index is 12.2. The number of β-amino-alcohol motifs (C(OH)–C–C–N with tert-alkyl or cyclic N) is 1. The molecule has 1 saturated heterocycles. The van der Waals surface area contributed by atoms with E-state index >= 15 is 0 Å². The summed E-state index contributed by atoms with van der Waals surface area (Å²) in [6, 6.07) is 4.48. The standard InChI is InChI=1S/C12H14N2O4S/c1-19-11-3-2-8(6-10(11)14(17)18)12(16)13-5-4-9(15)7-13/h2-3,6,9,15H,4-5,7H2,1H3. The van der Waals surface area contributed by atoms with Crippen molar-refractivity contribution in [1.82, 2.24) is 4.90 Å². The van der Waals surface area contributed by atoms with Gasteiger partial charge in [0.25, 0.3) is 11.6 Å². The third-order valence-corrected chi connectivity index (χ3v) is 3.86. The third kappa shape index (κ3) is 2.87. The zero-order valence-electron chi connectivity index (χ0n) is 10.4. The summed E-state index contributed by atoms with van der Waals surface area (Å²) >= 11 is 1.27. The minimum Gasteiger partial charge on any atom is -0.391 e. The predicted molar refractivity (Wildman–Crippen MR) is 71.4 cm³/mol.